The number of halogens is 6. The summed E-state index contributed by atoms with van der Waals surface area (Å²) in [4.78, 5) is 12.6. The first-order valence-corrected chi connectivity index (χ1v) is 11.3. The Balaban J connectivity index is 1.97. The summed E-state index contributed by atoms with van der Waals surface area (Å²) in [7, 11) is 0. The summed E-state index contributed by atoms with van der Waals surface area (Å²) in [6, 6.07) is 18.5. The largest absolute Gasteiger partial charge is 0.324 e. The number of carbonyl (C=O) groups excluding carboxylic acids is 1. The van der Waals surface area contributed by atoms with E-state index < -0.39 is 25.9 Å². The van der Waals surface area contributed by atoms with Crippen LogP contribution in [0.25, 0.3) is 0 Å². The molecule has 164 valence electrons. The molecule has 0 bridgehead atoms. The second-order valence-corrected chi connectivity index (χ2v) is 11.2. The lowest BCUT2D eigenvalue weighted by molar-refractivity contribution is -0.709. The van der Waals surface area contributed by atoms with Gasteiger partial charge in [0.25, 0.3) is 7.59 Å². The van der Waals surface area contributed by atoms with Crippen LogP contribution < -0.4 is 21.3 Å². The van der Waals surface area contributed by atoms with Crippen molar-refractivity contribution in [2.24, 2.45) is 0 Å². The fourth-order valence-electron chi connectivity index (χ4n) is 2.61. The number of hydrogen-bond acceptors (Lipinski definition) is 1. The minimum atomic E-state index is -1.75. The Morgan fingerprint density at radius 1 is 0.700 bits per heavy atom. The number of rotatable bonds is 8. The van der Waals surface area contributed by atoms with E-state index in [1.807, 2.05) is 60.7 Å². The molecule has 2 aromatic rings. The van der Waals surface area contributed by atoms with Gasteiger partial charge in [0.2, 0.25) is 12.3 Å². The van der Waals surface area contributed by atoms with Crippen LogP contribution in [-0.4, -0.2) is 25.9 Å². The molecule has 2 rings (SSSR count). The van der Waals surface area contributed by atoms with Gasteiger partial charge in [-0.3, -0.25) is 10.6 Å². The Kier molecular flexibility index (Phi) is 10.1. The summed E-state index contributed by atoms with van der Waals surface area (Å²) < 4.78 is -3.51. The van der Waals surface area contributed by atoms with Gasteiger partial charge in [-0.1, -0.05) is 130 Å². The van der Waals surface area contributed by atoms with Gasteiger partial charge in [-0.2, -0.15) is 0 Å². The molecule has 30 heavy (non-hydrogen) atoms. The molecule has 6 N–H and O–H groups in total. The van der Waals surface area contributed by atoms with E-state index in [0.29, 0.717) is 13.1 Å². The lowest BCUT2D eigenvalue weighted by atomic mass is 10.2. The van der Waals surface area contributed by atoms with Crippen LogP contribution in [0.2, 0.25) is 0 Å². The molecule has 0 saturated heterocycles. The van der Waals surface area contributed by atoms with Crippen LogP contribution in [0.5, 0.6) is 0 Å². The molecule has 5 nitrogen and oxygen atoms in total. The van der Waals surface area contributed by atoms with Crippen LogP contribution in [0.1, 0.15) is 11.1 Å². The normalized spacial score (nSPS) is 14.1. The van der Waals surface area contributed by atoms with Gasteiger partial charge in [-0.05, 0) is 0 Å². The zero-order valence-electron chi connectivity index (χ0n) is 15.7. The average molecular weight is 535 g/mol. The van der Waals surface area contributed by atoms with Crippen LogP contribution >= 0.6 is 69.6 Å². The van der Waals surface area contributed by atoms with E-state index >= 15 is 0 Å². The molecule has 0 aliphatic heterocycles. The Hall–Kier alpha value is -0.630. The second kappa shape index (κ2) is 11.8. The molecule has 0 saturated carbocycles. The van der Waals surface area contributed by atoms with Gasteiger partial charge < -0.3 is 10.6 Å². The van der Waals surface area contributed by atoms with Gasteiger partial charge in [0.15, 0.2) is 0 Å². The van der Waals surface area contributed by atoms with Crippen molar-refractivity contribution in [3.05, 3.63) is 71.8 Å². The van der Waals surface area contributed by atoms with Crippen molar-refractivity contribution in [1.29, 1.82) is 0 Å². The molecule has 0 radical (unpaired) electrons. The van der Waals surface area contributed by atoms with E-state index in [-0.39, 0.29) is 0 Å². The second-order valence-electron chi connectivity index (χ2n) is 6.51. The SMILES string of the molecule is O=C(N[C@H]([NH2+]Cc1ccccc1)C(Cl)(Cl)Cl)N[C@H]([NH2+]Cc1ccccc1)C(Cl)(Cl)Cl. The molecule has 2 atom stereocenters. The standard InChI is InChI=1S/C19H20Cl6N4O/c20-18(21,22)15(26-11-13-7-3-1-4-8-13)28-17(30)29-16(19(23,24)25)27-12-14-9-5-2-6-10-14/h1-10,15-16,26-27H,11-12H2,(H2,28,29,30)/p+2/t15-,16-/m0/s1. The predicted molar refractivity (Wildman–Crippen MR) is 124 cm³/mol. The first kappa shape index (κ1) is 25.6. The first-order valence-electron chi connectivity index (χ1n) is 9.00. The highest BCUT2D eigenvalue weighted by Gasteiger charge is 2.41. The van der Waals surface area contributed by atoms with E-state index in [9.17, 15) is 4.79 Å². The number of nitrogens with two attached hydrogens (primary N) is 2. The summed E-state index contributed by atoms with van der Waals surface area (Å²) in [5.41, 5.74) is 2.02. The molecular formula is C19H22Cl6N4O+2. The Morgan fingerprint density at radius 2 is 1.03 bits per heavy atom. The molecule has 0 aromatic heterocycles. The Labute approximate surface area is 205 Å². The molecule has 11 heteroatoms. The highest BCUT2D eigenvalue weighted by molar-refractivity contribution is 6.68. The third kappa shape index (κ3) is 9.25. The zero-order chi connectivity index (χ0) is 22.2. The summed E-state index contributed by atoms with van der Waals surface area (Å²) in [5, 5.41) is 8.68. The van der Waals surface area contributed by atoms with Crippen molar-refractivity contribution in [3.63, 3.8) is 0 Å². The molecule has 0 heterocycles. The molecule has 0 fully saturated rings. The molecule has 0 unspecified atom stereocenters. The van der Waals surface area contributed by atoms with Gasteiger partial charge in [-0.15, -0.1) is 0 Å². The Bertz CT molecular complexity index is 718. The Morgan fingerprint density at radius 3 is 1.33 bits per heavy atom. The number of nitrogens with one attached hydrogen (secondary N) is 2. The monoisotopic (exact) mass is 532 g/mol. The lowest BCUT2D eigenvalue weighted by Gasteiger charge is -2.27. The summed E-state index contributed by atoms with van der Waals surface area (Å²) in [6.45, 7) is 0.988. The minimum absolute atomic E-state index is 0.494. The quantitative estimate of drug-likeness (QED) is 0.305. The molecule has 0 spiro atoms. The van der Waals surface area contributed by atoms with E-state index in [4.69, 9.17) is 69.6 Å². The highest BCUT2D eigenvalue weighted by Crippen LogP contribution is 2.28. The van der Waals surface area contributed by atoms with E-state index in [2.05, 4.69) is 10.6 Å². The molecule has 2 amide bonds. The van der Waals surface area contributed by atoms with Crippen molar-refractivity contribution in [2.75, 3.05) is 0 Å². The van der Waals surface area contributed by atoms with Crippen molar-refractivity contribution in [2.45, 2.75) is 33.0 Å². The van der Waals surface area contributed by atoms with Crippen molar-refractivity contribution in [3.8, 4) is 0 Å². The molecule has 2 aromatic carbocycles. The van der Waals surface area contributed by atoms with Gasteiger partial charge in [0.05, 0.1) is 0 Å². The number of amides is 2. The van der Waals surface area contributed by atoms with Crippen molar-refractivity contribution < 1.29 is 15.4 Å². The maximum absolute atomic E-state index is 12.6. The van der Waals surface area contributed by atoms with Gasteiger partial charge in [0.1, 0.15) is 13.1 Å². The summed E-state index contributed by atoms with van der Waals surface area (Å²) >= 11 is 36.3. The zero-order valence-corrected chi connectivity index (χ0v) is 20.2. The molecule has 0 aliphatic carbocycles. The first-order chi connectivity index (χ1) is 14.1. The number of urea groups is 1. The molecule has 0 aliphatic rings. The third-order valence-electron chi connectivity index (χ3n) is 4.14. The van der Waals surface area contributed by atoms with Crippen LogP contribution in [0.15, 0.2) is 60.7 Å². The topological polar surface area (TPSA) is 74.3 Å². The van der Waals surface area contributed by atoms with E-state index in [1.165, 1.54) is 0 Å². The van der Waals surface area contributed by atoms with Gasteiger partial charge in [0, 0.05) is 11.1 Å². The lowest BCUT2D eigenvalue weighted by Crippen LogP contribution is -2.97. The molecular weight excluding hydrogens is 513 g/mol. The average Bonchev–Trinajstić information content (AvgIpc) is 2.68. The predicted octanol–water partition coefficient (Wildman–Crippen LogP) is 3.21. The van der Waals surface area contributed by atoms with E-state index in [1.54, 1.807) is 10.6 Å². The number of carbonyl (C=O) groups is 1. The van der Waals surface area contributed by atoms with Crippen LogP contribution in [-0.2, 0) is 13.1 Å². The van der Waals surface area contributed by atoms with Crippen molar-refractivity contribution in [1.82, 2.24) is 10.6 Å². The number of hydrogen-bond donors (Lipinski definition) is 4. The van der Waals surface area contributed by atoms with Crippen LogP contribution in [0.3, 0.4) is 0 Å². The summed E-state index contributed by atoms with van der Waals surface area (Å²) in [5.74, 6) is 0. The van der Waals surface area contributed by atoms with Gasteiger partial charge >= 0.3 is 6.03 Å². The third-order valence-corrected chi connectivity index (χ3v) is 5.55. The minimum Gasteiger partial charge on any atom is -0.319 e. The van der Waals surface area contributed by atoms with Crippen LogP contribution in [0.4, 0.5) is 4.79 Å². The smallest absolute Gasteiger partial charge is 0.319 e. The highest BCUT2D eigenvalue weighted by atomic mass is 35.6. The number of benzene rings is 2. The van der Waals surface area contributed by atoms with Crippen molar-refractivity contribution >= 4 is 75.6 Å². The number of quaternary nitrogens is 2. The maximum atomic E-state index is 12.6. The fraction of sp³-hybridized carbons (Fsp3) is 0.316. The fourth-order valence-corrected chi connectivity index (χ4v) is 3.47. The maximum Gasteiger partial charge on any atom is 0.324 e. The van der Waals surface area contributed by atoms with E-state index in [0.717, 1.165) is 11.1 Å². The number of alkyl halides is 6. The van der Waals surface area contributed by atoms with Gasteiger partial charge in [-0.25, -0.2) is 4.79 Å². The van der Waals surface area contributed by atoms with Crippen LogP contribution in [0, 0.1) is 0 Å². The summed E-state index contributed by atoms with van der Waals surface area (Å²) in [6.07, 6.45) is -1.74.